The summed E-state index contributed by atoms with van der Waals surface area (Å²) in [5.41, 5.74) is 0.463. The summed E-state index contributed by atoms with van der Waals surface area (Å²) in [5, 5.41) is 2.78. The third kappa shape index (κ3) is 3.65. The van der Waals surface area contributed by atoms with E-state index in [1.807, 2.05) is 0 Å². The van der Waals surface area contributed by atoms with E-state index in [1.165, 1.54) is 13.3 Å². The predicted octanol–water partition coefficient (Wildman–Crippen LogP) is 0.436. The normalized spacial score (nSPS) is 13.4. The number of hydrogen-bond acceptors (Lipinski definition) is 5. The van der Waals surface area contributed by atoms with Crippen molar-refractivity contribution < 1.29 is 13.2 Å². The number of nitrogens with one attached hydrogen (secondary N) is 2. The summed E-state index contributed by atoms with van der Waals surface area (Å²) < 4.78 is 31.3. The lowest BCUT2D eigenvalue weighted by molar-refractivity contribution is 0.122. The van der Waals surface area contributed by atoms with Gasteiger partial charge >= 0.3 is 0 Å². The molecule has 96 valence electrons. The van der Waals surface area contributed by atoms with Gasteiger partial charge < -0.3 is 10.1 Å². The van der Waals surface area contributed by atoms with Gasteiger partial charge in [0.25, 0.3) is 10.0 Å². The van der Waals surface area contributed by atoms with Crippen molar-refractivity contribution in [3.63, 3.8) is 0 Å². The molecule has 0 aliphatic rings. The first-order valence-electron chi connectivity index (χ1n) is 5.16. The van der Waals surface area contributed by atoms with Gasteiger partial charge in [-0.2, -0.15) is 0 Å². The Bertz CT molecular complexity index is 462. The molecule has 0 amide bonds. The lowest BCUT2D eigenvalue weighted by Crippen LogP contribution is -2.32. The molecule has 0 saturated carbocycles. The maximum Gasteiger partial charge on any atom is 0.260 e. The van der Waals surface area contributed by atoms with Gasteiger partial charge in [0, 0.05) is 26.9 Å². The van der Waals surface area contributed by atoms with Crippen molar-refractivity contribution in [3.05, 3.63) is 18.3 Å². The zero-order valence-corrected chi connectivity index (χ0v) is 10.9. The first-order valence-corrected chi connectivity index (χ1v) is 6.64. The van der Waals surface area contributed by atoms with Crippen molar-refractivity contribution in [2.75, 3.05) is 26.0 Å². The number of ether oxygens (including phenoxy) is 1. The molecule has 0 bridgehead atoms. The molecule has 0 saturated heterocycles. The molecule has 1 unspecified atom stereocenters. The summed E-state index contributed by atoms with van der Waals surface area (Å²) >= 11 is 0. The highest BCUT2D eigenvalue weighted by atomic mass is 32.2. The Labute approximate surface area is 101 Å². The number of hydrogen-bond donors (Lipinski definition) is 2. The quantitative estimate of drug-likeness (QED) is 0.774. The minimum atomic E-state index is -3.61. The van der Waals surface area contributed by atoms with Crippen molar-refractivity contribution in [3.8, 4) is 0 Å². The van der Waals surface area contributed by atoms with Crippen LogP contribution in [0.1, 0.15) is 6.92 Å². The Balaban J connectivity index is 2.89. The van der Waals surface area contributed by atoms with E-state index >= 15 is 0 Å². The number of aromatic nitrogens is 1. The predicted molar refractivity (Wildman–Crippen MR) is 65.4 cm³/mol. The molecule has 6 nitrogen and oxygen atoms in total. The van der Waals surface area contributed by atoms with E-state index in [9.17, 15) is 8.42 Å². The van der Waals surface area contributed by atoms with Crippen LogP contribution in [0.15, 0.2) is 23.4 Å². The number of anilines is 1. The molecule has 2 N–H and O–H groups in total. The standard InChI is InChI=1S/C10H17N3O3S/c1-8(16-3)7-13-17(14,15)10-9(11-2)5-4-6-12-10/h4-6,8,11,13H,7H2,1-3H3. The van der Waals surface area contributed by atoms with Gasteiger partial charge in [0.2, 0.25) is 0 Å². The highest BCUT2D eigenvalue weighted by Crippen LogP contribution is 2.16. The number of methoxy groups -OCH3 is 1. The fraction of sp³-hybridized carbons (Fsp3) is 0.500. The first-order chi connectivity index (χ1) is 8.01. The van der Waals surface area contributed by atoms with Gasteiger partial charge in [-0.25, -0.2) is 18.1 Å². The lowest BCUT2D eigenvalue weighted by Gasteiger charge is -2.12. The molecule has 0 radical (unpaired) electrons. The van der Waals surface area contributed by atoms with Gasteiger partial charge in [-0.05, 0) is 19.1 Å². The van der Waals surface area contributed by atoms with Crippen LogP contribution in [0.5, 0.6) is 0 Å². The van der Waals surface area contributed by atoms with Crippen molar-refractivity contribution in [1.29, 1.82) is 0 Å². The minimum absolute atomic E-state index is 0.00852. The molecule has 1 rings (SSSR count). The molecular weight excluding hydrogens is 242 g/mol. The average molecular weight is 259 g/mol. The Hall–Kier alpha value is -1.18. The number of sulfonamides is 1. The monoisotopic (exact) mass is 259 g/mol. The van der Waals surface area contributed by atoms with Gasteiger partial charge in [-0.3, -0.25) is 0 Å². The first kappa shape index (κ1) is 13.9. The zero-order valence-electron chi connectivity index (χ0n) is 10.1. The largest absolute Gasteiger partial charge is 0.386 e. The van der Waals surface area contributed by atoms with Crippen molar-refractivity contribution >= 4 is 15.7 Å². The van der Waals surface area contributed by atoms with Gasteiger partial charge in [0.15, 0.2) is 5.03 Å². The van der Waals surface area contributed by atoms with Crippen LogP contribution in [0.4, 0.5) is 5.69 Å². The molecule has 0 aliphatic carbocycles. The van der Waals surface area contributed by atoms with E-state index in [2.05, 4.69) is 15.0 Å². The second-order valence-electron chi connectivity index (χ2n) is 3.50. The summed E-state index contributed by atoms with van der Waals surface area (Å²) in [6, 6.07) is 3.32. The Morgan fingerprint density at radius 3 is 2.82 bits per heavy atom. The van der Waals surface area contributed by atoms with Gasteiger partial charge in [-0.1, -0.05) is 0 Å². The lowest BCUT2D eigenvalue weighted by atomic mass is 10.4. The van der Waals surface area contributed by atoms with Crippen molar-refractivity contribution in [1.82, 2.24) is 9.71 Å². The molecule has 0 spiro atoms. The zero-order chi connectivity index (χ0) is 12.9. The van der Waals surface area contributed by atoms with Crippen LogP contribution >= 0.6 is 0 Å². The summed E-state index contributed by atoms with van der Waals surface area (Å²) in [7, 11) is -0.439. The number of nitrogens with zero attached hydrogens (tertiary/aromatic N) is 1. The van der Waals surface area contributed by atoms with E-state index in [4.69, 9.17) is 4.74 Å². The third-order valence-electron chi connectivity index (χ3n) is 2.26. The van der Waals surface area contributed by atoms with Gasteiger partial charge in [0.05, 0.1) is 11.8 Å². The highest BCUT2D eigenvalue weighted by Gasteiger charge is 2.19. The van der Waals surface area contributed by atoms with E-state index in [-0.39, 0.29) is 17.7 Å². The number of pyridine rings is 1. The van der Waals surface area contributed by atoms with E-state index in [0.717, 1.165) is 0 Å². The van der Waals surface area contributed by atoms with Gasteiger partial charge in [0.1, 0.15) is 0 Å². The van der Waals surface area contributed by atoms with Crippen LogP contribution in [-0.4, -0.2) is 40.2 Å². The van der Waals surface area contributed by atoms with Crippen LogP contribution < -0.4 is 10.0 Å². The SMILES string of the molecule is CNc1cccnc1S(=O)(=O)NCC(C)OC. The van der Waals surface area contributed by atoms with Gasteiger partial charge in [-0.15, -0.1) is 0 Å². The fourth-order valence-electron chi connectivity index (χ4n) is 1.17. The summed E-state index contributed by atoms with van der Waals surface area (Å²) in [6.07, 6.45) is 1.25. The van der Waals surface area contributed by atoms with Crippen molar-refractivity contribution in [2.24, 2.45) is 0 Å². The van der Waals surface area contributed by atoms with Crippen LogP contribution in [0.3, 0.4) is 0 Å². The molecule has 7 heteroatoms. The molecule has 1 aromatic heterocycles. The summed E-state index contributed by atoms with van der Waals surface area (Å²) in [6.45, 7) is 1.98. The average Bonchev–Trinajstić information content (AvgIpc) is 2.35. The second kappa shape index (κ2) is 5.95. The van der Waals surface area contributed by atoms with E-state index < -0.39 is 10.0 Å². The highest BCUT2D eigenvalue weighted by molar-refractivity contribution is 7.89. The number of rotatable bonds is 6. The maximum absolute atomic E-state index is 12.0. The molecule has 0 aromatic carbocycles. The smallest absolute Gasteiger partial charge is 0.260 e. The van der Waals surface area contributed by atoms with Crippen LogP contribution in [-0.2, 0) is 14.8 Å². The molecule has 0 aliphatic heterocycles. The maximum atomic E-state index is 12.0. The molecule has 0 fully saturated rings. The topological polar surface area (TPSA) is 80.3 Å². The molecular formula is C10H17N3O3S. The van der Waals surface area contributed by atoms with Crippen LogP contribution in [0.2, 0.25) is 0 Å². The van der Waals surface area contributed by atoms with Crippen molar-refractivity contribution in [2.45, 2.75) is 18.1 Å². The summed E-state index contributed by atoms with van der Waals surface area (Å²) in [5.74, 6) is 0. The Morgan fingerprint density at radius 1 is 1.53 bits per heavy atom. The van der Waals surface area contributed by atoms with Crippen LogP contribution in [0, 0.1) is 0 Å². The Kier molecular flexibility index (Phi) is 4.86. The molecule has 1 atom stereocenters. The fourth-order valence-corrected chi connectivity index (χ4v) is 2.42. The second-order valence-corrected chi connectivity index (χ2v) is 5.19. The molecule has 17 heavy (non-hydrogen) atoms. The summed E-state index contributed by atoms with van der Waals surface area (Å²) in [4.78, 5) is 3.87. The third-order valence-corrected chi connectivity index (χ3v) is 3.64. The van der Waals surface area contributed by atoms with Crippen LogP contribution in [0.25, 0.3) is 0 Å². The van der Waals surface area contributed by atoms with E-state index in [0.29, 0.717) is 5.69 Å². The van der Waals surface area contributed by atoms with E-state index in [1.54, 1.807) is 26.1 Å². The Morgan fingerprint density at radius 2 is 2.24 bits per heavy atom. The molecule has 1 heterocycles. The molecule has 1 aromatic rings. The minimum Gasteiger partial charge on any atom is -0.386 e.